The monoisotopic (exact) mass is 285 g/mol. The van der Waals surface area contributed by atoms with Crippen LogP contribution in [0.5, 0.6) is 5.75 Å². The molecule has 3 nitrogen and oxygen atoms in total. The summed E-state index contributed by atoms with van der Waals surface area (Å²) in [5, 5.41) is 3.56. The van der Waals surface area contributed by atoms with Crippen molar-refractivity contribution in [1.82, 2.24) is 5.32 Å². The highest BCUT2D eigenvalue weighted by molar-refractivity contribution is 5.30. The second-order valence-corrected chi connectivity index (χ2v) is 5.08. The molecule has 2 rings (SSSR count). The van der Waals surface area contributed by atoms with Crippen molar-refractivity contribution in [3.63, 3.8) is 0 Å². The first-order valence-electron chi connectivity index (χ1n) is 7.17. The number of methoxy groups -OCH3 is 2. The van der Waals surface area contributed by atoms with Gasteiger partial charge in [-0.2, -0.15) is 0 Å². The van der Waals surface area contributed by atoms with E-state index in [-0.39, 0.29) is 6.04 Å². The molecule has 0 aromatic heterocycles. The van der Waals surface area contributed by atoms with Crippen LogP contribution in [0.15, 0.2) is 48.5 Å². The summed E-state index contributed by atoms with van der Waals surface area (Å²) in [6.45, 7) is 3.64. The minimum absolute atomic E-state index is 0.284. The maximum absolute atomic E-state index is 5.24. The summed E-state index contributed by atoms with van der Waals surface area (Å²) in [6.07, 6.45) is 0. The highest BCUT2D eigenvalue weighted by Crippen LogP contribution is 2.18. The molecular formula is C18H23NO2. The Kier molecular flexibility index (Phi) is 5.78. The molecule has 0 saturated carbocycles. The molecule has 1 N–H and O–H groups in total. The maximum Gasteiger partial charge on any atom is 0.118 e. The molecule has 0 bridgehead atoms. The lowest BCUT2D eigenvalue weighted by molar-refractivity contribution is 0.184. The van der Waals surface area contributed by atoms with Gasteiger partial charge < -0.3 is 14.8 Å². The van der Waals surface area contributed by atoms with Crippen LogP contribution in [0.4, 0.5) is 0 Å². The van der Waals surface area contributed by atoms with E-state index in [9.17, 15) is 0 Å². The summed E-state index contributed by atoms with van der Waals surface area (Å²) < 4.78 is 10.4. The third-order valence-corrected chi connectivity index (χ3v) is 3.63. The van der Waals surface area contributed by atoms with Gasteiger partial charge in [-0.15, -0.1) is 0 Å². The Morgan fingerprint density at radius 1 is 0.952 bits per heavy atom. The van der Waals surface area contributed by atoms with Gasteiger partial charge >= 0.3 is 0 Å². The van der Waals surface area contributed by atoms with E-state index in [1.807, 2.05) is 18.2 Å². The number of rotatable bonds is 7. The number of benzene rings is 2. The van der Waals surface area contributed by atoms with Crippen molar-refractivity contribution in [1.29, 1.82) is 0 Å². The van der Waals surface area contributed by atoms with Gasteiger partial charge in [0.2, 0.25) is 0 Å². The van der Waals surface area contributed by atoms with Crippen LogP contribution in [-0.2, 0) is 17.9 Å². The van der Waals surface area contributed by atoms with Crippen LogP contribution in [0.1, 0.15) is 29.7 Å². The second kappa shape index (κ2) is 7.81. The van der Waals surface area contributed by atoms with Crippen LogP contribution < -0.4 is 10.1 Å². The summed E-state index contributed by atoms with van der Waals surface area (Å²) in [6, 6.07) is 16.8. The molecule has 1 atom stereocenters. The molecule has 0 amide bonds. The van der Waals surface area contributed by atoms with E-state index in [0.29, 0.717) is 6.61 Å². The van der Waals surface area contributed by atoms with E-state index in [4.69, 9.17) is 9.47 Å². The molecule has 0 radical (unpaired) electrons. The van der Waals surface area contributed by atoms with Gasteiger partial charge in [-0.25, -0.2) is 0 Å². The van der Waals surface area contributed by atoms with Crippen LogP contribution >= 0.6 is 0 Å². The summed E-state index contributed by atoms with van der Waals surface area (Å²) in [4.78, 5) is 0. The van der Waals surface area contributed by atoms with Gasteiger partial charge in [0.25, 0.3) is 0 Å². The van der Waals surface area contributed by atoms with Crippen molar-refractivity contribution in [2.75, 3.05) is 14.2 Å². The minimum atomic E-state index is 0.284. The molecule has 3 heteroatoms. The summed E-state index contributed by atoms with van der Waals surface area (Å²) >= 11 is 0. The standard InChI is InChI=1S/C18H23NO2/c1-14(15-8-10-18(21-3)11-9-15)19-12-16-6-4-5-7-17(16)13-20-2/h4-11,14,19H,12-13H2,1-3H3/t14-/m0/s1. The Morgan fingerprint density at radius 2 is 1.62 bits per heavy atom. The molecule has 2 aromatic rings. The molecule has 0 fully saturated rings. The first-order chi connectivity index (χ1) is 10.2. The molecule has 0 aliphatic heterocycles. The Balaban J connectivity index is 1.98. The lowest BCUT2D eigenvalue weighted by Gasteiger charge is -2.16. The molecule has 21 heavy (non-hydrogen) atoms. The molecular weight excluding hydrogens is 262 g/mol. The van der Waals surface area contributed by atoms with Gasteiger partial charge in [-0.3, -0.25) is 0 Å². The fourth-order valence-electron chi connectivity index (χ4n) is 2.30. The third kappa shape index (κ3) is 4.31. The van der Waals surface area contributed by atoms with Gasteiger partial charge in [0.15, 0.2) is 0 Å². The van der Waals surface area contributed by atoms with Gasteiger partial charge in [0, 0.05) is 19.7 Å². The molecule has 0 aliphatic rings. The van der Waals surface area contributed by atoms with Crippen LogP contribution in [0.3, 0.4) is 0 Å². The number of hydrogen-bond donors (Lipinski definition) is 1. The average Bonchev–Trinajstić information content (AvgIpc) is 2.54. The van der Waals surface area contributed by atoms with Crippen LogP contribution in [-0.4, -0.2) is 14.2 Å². The fourth-order valence-corrected chi connectivity index (χ4v) is 2.30. The van der Waals surface area contributed by atoms with E-state index in [1.165, 1.54) is 16.7 Å². The van der Waals surface area contributed by atoms with Crippen molar-refractivity contribution in [3.05, 3.63) is 65.2 Å². The lowest BCUT2D eigenvalue weighted by atomic mass is 10.1. The molecule has 0 spiro atoms. The highest BCUT2D eigenvalue weighted by Gasteiger charge is 2.07. The van der Waals surface area contributed by atoms with Crippen molar-refractivity contribution in [2.45, 2.75) is 26.1 Å². The zero-order valence-corrected chi connectivity index (χ0v) is 12.9. The normalized spacial score (nSPS) is 12.1. The summed E-state index contributed by atoms with van der Waals surface area (Å²) in [5.74, 6) is 0.886. The predicted octanol–water partition coefficient (Wildman–Crippen LogP) is 3.69. The Bertz CT molecular complexity index is 551. The lowest BCUT2D eigenvalue weighted by Crippen LogP contribution is -2.19. The minimum Gasteiger partial charge on any atom is -0.497 e. The number of nitrogens with one attached hydrogen (secondary N) is 1. The molecule has 0 saturated heterocycles. The van der Waals surface area contributed by atoms with Gasteiger partial charge in [-0.1, -0.05) is 36.4 Å². The molecule has 0 aliphatic carbocycles. The van der Waals surface area contributed by atoms with E-state index in [1.54, 1.807) is 14.2 Å². The third-order valence-electron chi connectivity index (χ3n) is 3.63. The largest absolute Gasteiger partial charge is 0.497 e. The quantitative estimate of drug-likeness (QED) is 0.841. The second-order valence-electron chi connectivity index (χ2n) is 5.08. The van der Waals surface area contributed by atoms with Crippen molar-refractivity contribution < 1.29 is 9.47 Å². The molecule has 0 heterocycles. The van der Waals surface area contributed by atoms with Crippen LogP contribution in [0, 0.1) is 0 Å². The van der Waals surface area contributed by atoms with E-state index >= 15 is 0 Å². The van der Waals surface area contributed by atoms with Gasteiger partial charge in [0.1, 0.15) is 5.75 Å². The van der Waals surface area contributed by atoms with E-state index in [0.717, 1.165) is 12.3 Å². The number of hydrogen-bond acceptors (Lipinski definition) is 3. The maximum atomic E-state index is 5.24. The van der Waals surface area contributed by atoms with Crippen LogP contribution in [0.2, 0.25) is 0 Å². The van der Waals surface area contributed by atoms with Crippen molar-refractivity contribution in [3.8, 4) is 5.75 Å². The average molecular weight is 285 g/mol. The Hall–Kier alpha value is -1.84. The van der Waals surface area contributed by atoms with Gasteiger partial charge in [-0.05, 0) is 35.7 Å². The first-order valence-corrected chi connectivity index (χ1v) is 7.17. The smallest absolute Gasteiger partial charge is 0.118 e. The highest BCUT2D eigenvalue weighted by atomic mass is 16.5. The zero-order chi connectivity index (χ0) is 15.1. The van der Waals surface area contributed by atoms with Gasteiger partial charge in [0.05, 0.1) is 13.7 Å². The van der Waals surface area contributed by atoms with Crippen molar-refractivity contribution in [2.24, 2.45) is 0 Å². The topological polar surface area (TPSA) is 30.5 Å². The Labute approximate surface area is 126 Å². The summed E-state index contributed by atoms with van der Waals surface area (Å²) in [5.41, 5.74) is 3.76. The summed E-state index contributed by atoms with van der Waals surface area (Å²) in [7, 11) is 3.41. The first kappa shape index (κ1) is 15.5. The number of ether oxygens (including phenoxy) is 2. The van der Waals surface area contributed by atoms with E-state index < -0.39 is 0 Å². The Morgan fingerprint density at radius 3 is 2.24 bits per heavy atom. The van der Waals surface area contributed by atoms with E-state index in [2.05, 4.69) is 42.6 Å². The molecule has 2 aromatic carbocycles. The van der Waals surface area contributed by atoms with Crippen molar-refractivity contribution >= 4 is 0 Å². The zero-order valence-electron chi connectivity index (χ0n) is 12.9. The molecule has 0 unspecified atom stereocenters. The van der Waals surface area contributed by atoms with Crippen LogP contribution in [0.25, 0.3) is 0 Å². The fraction of sp³-hybridized carbons (Fsp3) is 0.333. The predicted molar refractivity (Wildman–Crippen MR) is 85.4 cm³/mol. The molecule has 112 valence electrons. The SMILES string of the molecule is COCc1ccccc1CN[C@@H](C)c1ccc(OC)cc1.